The van der Waals surface area contributed by atoms with Crippen molar-refractivity contribution in [3.63, 3.8) is 0 Å². The molecule has 0 radical (unpaired) electrons. The maximum atomic E-state index is 13.5. The summed E-state index contributed by atoms with van der Waals surface area (Å²) in [4.78, 5) is 10.6. The topological polar surface area (TPSA) is 87.1 Å². The Bertz CT molecular complexity index is 506. The van der Waals surface area contributed by atoms with Crippen LogP contribution in [-0.4, -0.2) is 11.1 Å². The smallest absolute Gasteiger partial charge is 0.305 e. The number of benzene rings is 1. The van der Waals surface area contributed by atoms with Crippen LogP contribution in [0.4, 0.5) is 4.39 Å². The lowest BCUT2D eigenvalue weighted by molar-refractivity contribution is -0.137. The Hall–Kier alpha value is -1.93. The van der Waals surface area contributed by atoms with Gasteiger partial charge in [-0.1, -0.05) is 6.07 Å². The molecule has 1 aromatic rings. The van der Waals surface area contributed by atoms with Crippen LogP contribution in [0.3, 0.4) is 0 Å². The fourth-order valence-corrected chi connectivity index (χ4v) is 1.56. The first-order chi connectivity index (χ1) is 8.26. The van der Waals surface area contributed by atoms with Crippen molar-refractivity contribution >= 4 is 5.97 Å². The molecular weight excluding hydrogens is 235 g/mol. The molecule has 1 atom stereocenters. The number of nitrogens with two attached hydrogens (primary N) is 1. The minimum Gasteiger partial charge on any atom is -0.481 e. The van der Waals surface area contributed by atoms with Gasteiger partial charge in [0.2, 0.25) is 0 Å². The number of halogens is 1. The Balaban J connectivity index is 3.17. The maximum absolute atomic E-state index is 13.5. The monoisotopic (exact) mass is 250 g/mol. The summed E-state index contributed by atoms with van der Waals surface area (Å²) in [6.07, 6.45) is -0.282. The van der Waals surface area contributed by atoms with Crippen LogP contribution >= 0.6 is 0 Å². The van der Waals surface area contributed by atoms with Crippen molar-refractivity contribution < 1.29 is 14.3 Å². The Kier molecular flexibility index (Phi) is 4.04. The number of hydrogen-bond donors (Lipinski definition) is 2. The van der Waals surface area contributed by atoms with Crippen LogP contribution in [0.25, 0.3) is 0 Å². The number of carboxylic acids is 1. The molecule has 0 spiro atoms. The van der Waals surface area contributed by atoms with Crippen LogP contribution < -0.4 is 5.73 Å². The van der Waals surface area contributed by atoms with Crippen molar-refractivity contribution in [1.82, 2.24) is 0 Å². The van der Waals surface area contributed by atoms with Gasteiger partial charge in [0.1, 0.15) is 5.82 Å². The molecule has 1 aromatic carbocycles. The standard InChI is InChI=1S/C13H15FN2O2/c1-13(2,7-15)9-3-8(4-10(14)5-9)11(16)6-12(17)18/h3-5,11H,6,16H2,1-2H3,(H,17,18). The highest BCUT2D eigenvalue weighted by atomic mass is 19.1. The van der Waals surface area contributed by atoms with Gasteiger partial charge in [-0.2, -0.15) is 5.26 Å². The van der Waals surface area contributed by atoms with Gasteiger partial charge in [-0.3, -0.25) is 4.79 Å². The maximum Gasteiger partial charge on any atom is 0.305 e. The first kappa shape index (κ1) is 14.1. The lowest BCUT2D eigenvalue weighted by atomic mass is 9.84. The quantitative estimate of drug-likeness (QED) is 0.856. The molecule has 4 nitrogen and oxygen atoms in total. The molecule has 0 aromatic heterocycles. The fraction of sp³-hybridized carbons (Fsp3) is 0.385. The summed E-state index contributed by atoms with van der Waals surface area (Å²) in [7, 11) is 0. The van der Waals surface area contributed by atoms with Crippen LogP contribution in [-0.2, 0) is 10.2 Å². The Morgan fingerprint density at radius 3 is 2.67 bits per heavy atom. The van der Waals surface area contributed by atoms with Crippen molar-refractivity contribution in [2.45, 2.75) is 31.7 Å². The van der Waals surface area contributed by atoms with Crippen molar-refractivity contribution in [3.05, 3.63) is 35.1 Å². The van der Waals surface area contributed by atoms with Gasteiger partial charge >= 0.3 is 5.97 Å². The summed E-state index contributed by atoms with van der Waals surface area (Å²) in [6, 6.07) is 5.33. The first-order valence-electron chi connectivity index (χ1n) is 5.46. The largest absolute Gasteiger partial charge is 0.481 e. The first-order valence-corrected chi connectivity index (χ1v) is 5.46. The normalized spacial score (nSPS) is 12.8. The number of aliphatic carboxylic acids is 1. The molecule has 5 heteroatoms. The Labute approximate surface area is 105 Å². The predicted molar refractivity (Wildman–Crippen MR) is 64.2 cm³/mol. The summed E-state index contributed by atoms with van der Waals surface area (Å²) in [5.41, 5.74) is 5.71. The van der Waals surface area contributed by atoms with E-state index < -0.39 is 23.2 Å². The fourth-order valence-electron chi connectivity index (χ4n) is 1.56. The molecule has 0 aliphatic rings. The molecule has 0 fully saturated rings. The van der Waals surface area contributed by atoms with E-state index in [4.69, 9.17) is 16.1 Å². The SMILES string of the molecule is CC(C)(C#N)c1cc(F)cc(C(N)CC(=O)O)c1. The second-order valence-electron chi connectivity index (χ2n) is 4.71. The zero-order valence-electron chi connectivity index (χ0n) is 10.3. The molecule has 3 N–H and O–H groups in total. The van der Waals surface area contributed by atoms with Gasteiger partial charge in [-0.05, 0) is 37.1 Å². The molecule has 0 aliphatic carbocycles. The average molecular weight is 250 g/mol. The summed E-state index contributed by atoms with van der Waals surface area (Å²) in [5, 5.41) is 17.7. The van der Waals surface area contributed by atoms with Crippen molar-refractivity contribution in [2.24, 2.45) is 5.73 Å². The van der Waals surface area contributed by atoms with Gasteiger partial charge in [-0.25, -0.2) is 4.39 Å². The molecule has 0 aliphatic heterocycles. The van der Waals surface area contributed by atoms with Crippen molar-refractivity contribution in [1.29, 1.82) is 5.26 Å². The minimum atomic E-state index is -1.05. The van der Waals surface area contributed by atoms with Crippen molar-refractivity contribution in [2.75, 3.05) is 0 Å². The molecule has 0 saturated carbocycles. The summed E-state index contributed by atoms with van der Waals surface area (Å²) >= 11 is 0. The molecule has 0 amide bonds. The molecule has 0 saturated heterocycles. The second-order valence-corrected chi connectivity index (χ2v) is 4.71. The van der Waals surface area contributed by atoms with Crippen LogP contribution in [0.1, 0.15) is 37.4 Å². The predicted octanol–water partition coefficient (Wildman–Crippen LogP) is 2.10. The molecular formula is C13H15FN2O2. The highest BCUT2D eigenvalue weighted by molar-refractivity contribution is 5.67. The van der Waals surface area contributed by atoms with E-state index in [2.05, 4.69) is 6.07 Å². The van der Waals surface area contributed by atoms with E-state index in [0.717, 1.165) is 0 Å². The molecule has 1 unspecified atom stereocenters. The number of carboxylic acid groups (broad SMARTS) is 1. The van der Waals surface area contributed by atoms with E-state index in [1.807, 2.05) is 0 Å². The molecule has 0 bridgehead atoms. The third-order valence-electron chi connectivity index (χ3n) is 2.74. The summed E-state index contributed by atoms with van der Waals surface area (Å²) in [6.45, 7) is 3.32. The van der Waals surface area contributed by atoms with E-state index in [9.17, 15) is 9.18 Å². The van der Waals surface area contributed by atoms with Crippen LogP contribution in [0.2, 0.25) is 0 Å². The number of nitrogens with zero attached hydrogens (tertiary/aromatic N) is 1. The number of carbonyl (C=O) groups is 1. The van der Waals surface area contributed by atoms with Gasteiger partial charge in [0.05, 0.1) is 17.9 Å². The third-order valence-corrected chi connectivity index (χ3v) is 2.74. The van der Waals surface area contributed by atoms with Crippen LogP contribution in [0, 0.1) is 17.1 Å². The molecule has 96 valence electrons. The lowest BCUT2D eigenvalue weighted by Crippen LogP contribution is -2.18. The lowest BCUT2D eigenvalue weighted by Gasteiger charge is -2.18. The average Bonchev–Trinajstić information content (AvgIpc) is 2.27. The zero-order valence-corrected chi connectivity index (χ0v) is 10.3. The Morgan fingerprint density at radius 1 is 1.56 bits per heavy atom. The summed E-state index contributed by atoms with van der Waals surface area (Å²) < 4.78 is 13.5. The van der Waals surface area contributed by atoms with Gasteiger partial charge in [0.25, 0.3) is 0 Å². The second kappa shape index (κ2) is 5.15. The van der Waals surface area contributed by atoms with Gasteiger partial charge in [-0.15, -0.1) is 0 Å². The minimum absolute atomic E-state index is 0.282. The van der Waals surface area contributed by atoms with Gasteiger partial charge < -0.3 is 10.8 Å². The van der Waals surface area contributed by atoms with E-state index in [0.29, 0.717) is 11.1 Å². The zero-order chi connectivity index (χ0) is 13.9. The number of hydrogen-bond acceptors (Lipinski definition) is 3. The van der Waals surface area contributed by atoms with E-state index in [1.165, 1.54) is 12.1 Å². The van der Waals surface area contributed by atoms with Gasteiger partial charge in [0.15, 0.2) is 0 Å². The van der Waals surface area contributed by atoms with Gasteiger partial charge in [0, 0.05) is 6.04 Å². The molecule has 0 heterocycles. The number of nitriles is 1. The van der Waals surface area contributed by atoms with E-state index in [-0.39, 0.29) is 6.42 Å². The number of rotatable bonds is 4. The van der Waals surface area contributed by atoms with E-state index >= 15 is 0 Å². The van der Waals surface area contributed by atoms with E-state index in [1.54, 1.807) is 19.9 Å². The summed E-state index contributed by atoms with van der Waals surface area (Å²) in [5.74, 6) is -1.57. The Morgan fingerprint density at radius 2 is 2.17 bits per heavy atom. The third kappa shape index (κ3) is 3.28. The molecule has 1 rings (SSSR count). The van der Waals surface area contributed by atoms with Crippen LogP contribution in [0.5, 0.6) is 0 Å². The van der Waals surface area contributed by atoms with Crippen molar-refractivity contribution in [3.8, 4) is 6.07 Å². The van der Waals surface area contributed by atoms with Crippen LogP contribution in [0.15, 0.2) is 18.2 Å². The molecule has 18 heavy (non-hydrogen) atoms. The highest BCUT2D eigenvalue weighted by Crippen LogP contribution is 2.26. The highest BCUT2D eigenvalue weighted by Gasteiger charge is 2.22.